The number of fused-ring (bicyclic) bond motifs is 1. The number of hydrogen-bond acceptors (Lipinski definition) is 8. The van der Waals surface area contributed by atoms with Crippen LogP contribution in [0, 0.1) is 11.8 Å². The molecule has 10 nitrogen and oxygen atoms in total. The number of ether oxygens (including phenoxy) is 2. The standard InChI is InChI=1S/C31H46N4O6S/c1-3-41-23-10-8-22(9-11-23)33-27(37)24-25-29(39)35(15-6-4-5-7-19-36)26(31(25)13-12-30(24,2)42-31)28(38)32-14-16-34-17-20-40-21-18-34/h8-11,24-26,36H,3-7,12-21H2,1-2H3,(H,32,38)(H,33,37)/t24-,25+,26?,30+,31?/m1/s1. The third-order valence-electron chi connectivity index (χ3n) is 9.38. The van der Waals surface area contributed by atoms with Crippen molar-refractivity contribution >= 4 is 35.2 Å². The number of carbonyl (C=O) groups is 3. The number of unbranched alkanes of at least 4 members (excludes halogenated alkanes) is 3. The second kappa shape index (κ2) is 13.5. The normalized spacial score (nSPS) is 30.4. The second-order valence-electron chi connectivity index (χ2n) is 12.1. The molecule has 5 rings (SSSR count). The van der Waals surface area contributed by atoms with Crippen molar-refractivity contribution in [2.24, 2.45) is 11.8 Å². The summed E-state index contributed by atoms with van der Waals surface area (Å²) in [5.41, 5.74) is 0.664. The summed E-state index contributed by atoms with van der Waals surface area (Å²) in [5, 5.41) is 15.4. The molecule has 1 spiro atoms. The Balaban J connectivity index is 1.34. The number of thioether (sulfide) groups is 1. The monoisotopic (exact) mass is 602 g/mol. The predicted octanol–water partition coefficient (Wildman–Crippen LogP) is 2.51. The lowest BCUT2D eigenvalue weighted by atomic mass is 9.66. The van der Waals surface area contributed by atoms with Crippen LogP contribution in [0.4, 0.5) is 5.69 Å². The summed E-state index contributed by atoms with van der Waals surface area (Å²) in [5.74, 6) is -0.688. The number of morpholine rings is 1. The molecular formula is C31H46N4O6S. The molecule has 2 bridgehead atoms. The van der Waals surface area contributed by atoms with E-state index in [1.165, 1.54) is 0 Å². The number of benzene rings is 1. The van der Waals surface area contributed by atoms with E-state index in [2.05, 4.69) is 22.5 Å². The van der Waals surface area contributed by atoms with Gasteiger partial charge in [0.2, 0.25) is 17.7 Å². The number of rotatable bonds is 14. The number of amides is 3. The fourth-order valence-corrected chi connectivity index (χ4v) is 9.75. The second-order valence-corrected chi connectivity index (χ2v) is 14.0. The molecule has 4 fully saturated rings. The molecule has 232 valence electrons. The molecule has 4 saturated heterocycles. The molecule has 3 amide bonds. The minimum atomic E-state index is -0.624. The maximum Gasteiger partial charge on any atom is 0.244 e. The Bertz CT molecular complexity index is 1120. The van der Waals surface area contributed by atoms with Crippen LogP contribution in [0.15, 0.2) is 24.3 Å². The van der Waals surface area contributed by atoms with Crippen molar-refractivity contribution < 1.29 is 29.0 Å². The zero-order valence-electron chi connectivity index (χ0n) is 24.9. The third-order valence-corrected chi connectivity index (χ3v) is 11.4. The Hall–Kier alpha value is -2.34. The molecule has 0 saturated carbocycles. The molecule has 1 aromatic carbocycles. The number of likely N-dealkylation sites (tertiary alicyclic amines) is 1. The lowest BCUT2D eigenvalue weighted by Gasteiger charge is -2.35. The zero-order valence-corrected chi connectivity index (χ0v) is 25.8. The maximum absolute atomic E-state index is 14.2. The summed E-state index contributed by atoms with van der Waals surface area (Å²) in [6.07, 6.45) is 4.76. The SMILES string of the molecule is CCOc1ccc(NC(=O)[C@H]2[C@H]3C(=O)N(CCCCCCO)C(C(=O)NCCN4CCOCC4)C34CC[C@]2(C)S4)cc1. The van der Waals surface area contributed by atoms with Crippen molar-refractivity contribution in [3.8, 4) is 5.75 Å². The van der Waals surface area contributed by atoms with Crippen LogP contribution in [-0.4, -0.2) is 107 Å². The molecule has 3 N–H and O–H groups in total. The average molecular weight is 603 g/mol. The van der Waals surface area contributed by atoms with Crippen LogP contribution in [0.5, 0.6) is 5.75 Å². The average Bonchev–Trinajstić information content (AvgIpc) is 3.55. The lowest BCUT2D eigenvalue weighted by Crippen LogP contribution is -2.54. The lowest BCUT2D eigenvalue weighted by molar-refractivity contribution is -0.139. The molecule has 42 heavy (non-hydrogen) atoms. The summed E-state index contributed by atoms with van der Waals surface area (Å²) >= 11 is 1.70. The third kappa shape index (κ3) is 6.16. The molecule has 4 aliphatic heterocycles. The number of aliphatic hydroxyl groups is 1. The molecule has 5 atom stereocenters. The van der Waals surface area contributed by atoms with Gasteiger partial charge in [-0.3, -0.25) is 19.3 Å². The van der Waals surface area contributed by atoms with Crippen molar-refractivity contribution in [2.75, 3.05) is 64.5 Å². The van der Waals surface area contributed by atoms with Gasteiger partial charge in [0.1, 0.15) is 11.8 Å². The van der Waals surface area contributed by atoms with E-state index in [4.69, 9.17) is 14.6 Å². The van der Waals surface area contributed by atoms with Gasteiger partial charge < -0.3 is 30.1 Å². The van der Waals surface area contributed by atoms with E-state index < -0.39 is 27.4 Å². The van der Waals surface area contributed by atoms with Gasteiger partial charge in [0.05, 0.1) is 36.4 Å². The van der Waals surface area contributed by atoms with Crippen LogP contribution >= 0.6 is 11.8 Å². The smallest absolute Gasteiger partial charge is 0.244 e. The summed E-state index contributed by atoms with van der Waals surface area (Å²) in [4.78, 5) is 46.1. The van der Waals surface area contributed by atoms with Crippen LogP contribution < -0.4 is 15.4 Å². The predicted molar refractivity (Wildman–Crippen MR) is 163 cm³/mol. The Morgan fingerprint density at radius 3 is 2.52 bits per heavy atom. The van der Waals surface area contributed by atoms with E-state index in [9.17, 15) is 14.4 Å². The number of hydrogen-bond donors (Lipinski definition) is 3. The topological polar surface area (TPSA) is 120 Å². The van der Waals surface area contributed by atoms with E-state index in [1.54, 1.807) is 16.7 Å². The Morgan fingerprint density at radius 2 is 1.81 bits per heavy atom. The number of anilines is 1. The van der Waals surface area contributed by atoms with Gasteiger partial charge in [0.15, 0.2) is 0 Å². The van der Waals surface area contributed by atoms with E-state index in [0.717, 1.165) is 63.9 Å². The summed E-state index contributed by atoms with van der Waals surface area (Å²) in [6, 6.07) is 6.69. The molecule has 1 aromatic rings. The van der Waals surface area contributed by atoms with Crippen LogP contribution in [0.25, 0.3) is 0 Å². The summed E-state index contributed by atoms with van der Waals surface area (Å²) in [6.45, 7) is 9.58. The molecule has 4 heterocycles. The molecule has 2 unspecified atom stereocenters. The highest BCUT2D eigenvalue weighted by Crippen LogP contribution is 2.71. The van der Waals surface area contributed by atoms with Gasteiger partial charge in [0.25, 0.3) is 0 Å². The highest BCUT2D eigenvalue weighted by atomic mass is 32.2. The quantitative estimate of drug-likeness (QED) is 0.278. The van der Waals surface area contributed by atoms with Crippen LogP contribution in [-0.2, 0) is 19.1 Å². The summed E-state index contributed by atoms with van der Waals surface area (Å²) < 4.78 is 9.92. The highest BCUT2D eigenvalue weighted by Gasteiger charge is 2.77. The van der Waals surface area contributed by atoms with Crippen molar-refractivity contribution in [2.45, 2.75) is 67.9 Å². The maximum atomic E-state index is 14.2. The zero-order chi connectivity index (χ0) is 29.7. The first-order valence-electron chi connectivity index (χ1n) is 15.6. The molecule has 11 heteroatoms. The molecule has 0 radical (unpaired) electrons. The van der Waals surface area contributed by atoms with Crippen molar-refractivity contribution in [3.63, 3.8) is 0 Å². The fraction of sp³-hybridized carbons (Fsp3) is 0.710. The van der Waals surface area contributed by atoms with E-state index >= 15 is 0 Å². The highest BCUT2D eigenvalue weighted by molar-refractivity contribution is 8.02. The van der Waals surface area contributed by atoms with Crippen molar-refractivity contribution in [3.05, 3.63) is 24.3 Å². The van der Waals surface area contributed by atoms with Gasteiger partial charge in [-0.1, -0.05) is 12.8 Å². The first-order valence-corrected chi connectivity index (χ1v) is 16.4. The minimum Gasteiger partial charge on any atom is -0.494 e. The van der Waals surface area contributed by atoms with Gasteiger partial charge in [-0.05, 0) is 63.8 Å². The molecular weight excluding hydrogens is 556 g/mol. The van der Waals surface area contributed by atoms with Gasteiger partial charge in [-0.2, -0.15) is 0 Å². The van der Waals surface area contributed by atoms with E-state index in [0.29, 0.717) is 38.6 Å². The van der Waals surface area contributed by atoms with Crippen molar-refractivity contribution in [1.29, 1.82) is 0 Å². The first-order chi connectivity index (χ1) is 20.3. The Morgan fingerprint density at radius 1 is 1.07 bits per heavy atom. The van der Waals surface area contributed by atoms with E-state index in [1.807, 2.05) is 31.2 Å². The van der Waals surface area contributed by atoms with E-state index in [-0.39, 0.29) is 24.3 Å². The van der Waals surface area contributed by atoms with Crippen molar-refractivity contribution in [1.82, 2.24) is 15.1 Å². The molecule has 4 aliphatic rings. The molecule has 0 aromatic heterocycles. The number of nitrogens with zero attached hydrogens (tertiary/aromatic N) is 2. The largest absolute Gasteiger partial charge is 0.494 e. The van der Waals surface area contributed by atoms with Gasteiger partial charge >= 0.3 is 0 Å². The fourth-order valence-electron chi connectivity index (χ4n) is 7.40. The Kier molecular flexibility index (Phi) is 10.0. The van der Waals surface area contributed by atoms with Gasteiger partial charge in [-0.25, -0.2) is 0 Å². The van der Waals surface area contributed by atoms with Crippen LogP contribution in [0.1, 0.15) is 52.4 Å². The number of carbonyl (C=O) groups excluding carboxylic acids is 3. The van der Waals surface area contributed by atoms with Crippen LogP contribution in [0.3, 0.4) is 0 Å². The first kappa shape index (κ1) is 31.1. The summed E-state index contributed by atoms with van der Waals surface area (Å²) in [7, 11) is 0. The van der Waals surface area contributed by atoms with Gasteiger partial charge in [-0.15, -0.1) is 11.8 Å². The molecule has 0 aliphatic carbocycles. The van der Waals surface area contributed by atoms with Crippen LogP contribution in [0.2, 0.25) is 0 Å². The number of aliphatic hydroxyl groups excluding tert-OH is 1. The minimum absolute atomic E-state index is 0.0757. The number of nitrogens with one attached hydrogen (secondary N) is 2. The van der Waals surface area contributed by atoms with Gasteiger partial charge in [0, 0.05) is 49.8 Å². The Labute approximate surface area is 253 Å².